The monoisotopic (exact) mass is 250 g/mol. The summed E-state index contributed by atoms with van der Waals surface area (Å²) in [6.07, 6.45) is 3.20. The number of ether oxygens (including phenoxy) is 1. The van der Waals surface area contributed by atoms with Gasteiger partial charge in [-0.05, 0) is 31.4 Å². The molecular weight excluding hydrogens is 227 g/mol. The Morgan fingerprint density at radius 2 is 2.06 bits per heavy atom. The van der Waals surface area contributed by atoms with Crippen molar-refractivity contribution in [1.82, 2.24) is 0 Å². The van der Waals surface area contributed by atoms with Crippen LogP contribution in [0, 0.1) is 0 Å². The van der Waals surface area contributed by atoms with Gasteiger partial charge in [0.25, 0.3) is 0 Å². The van der Waals surface area contributed by atoms with Crippen molar-refractivity contribution in [3.8, 4) is 0 Å². The normalized spacial score (nSPS) is 12.4. The molecule has 0 bridgehead atoms. The molecule has 0 aliphatic heterocycles. The lowest BCUT2D eigenvalue weighted by Gasteiger charge is -2.06. The van der Waals surface area contributed by atoms with E-state index >= 15 is 0 Å². The van der Waals surface area contributed by atoms with Crippen molar-refractivity contribution in [1.29, 1.82) is 0 Å². The van der Waals surface area contributed by atoms with E-state index in [-0.39, 0.29) is 5.97 Å². The van der Waals surface area contributed by atoms with Crippen LogP contribution in [-0.2, 0) is 9.53 Å². The van der Waals surface area contributed by atoms with Gasteiger partial charge >= 0.3 is 5.97 Å². The quantitative estimate of drug-likeness (QED) is 0.438. The second-order valence-electron chi connectivity index (χ2n) is 3.80. The van der Waals surface area contributed by atoms with E-state index in [1.807, 2.05) is 13.8 Å². The molecule has 4 heteroatoms. The Kier molecular flexibility index (Phi) is 11.1. The van der Waals surface area contributed by atoms with E-state index in [0.29, 0.717) is 25.2 Å². The molecule has 0 saturated heterocycles. The molecule has 0 aliphatic rings. The molecule has 0 radical (unpaired) electrons. The summed E-state index contributed by atoms with van der Waals surface area (Å²) in [5, 5.41) is 0. The van der Waals surface area contributed by atoms with Crippen LogP contribution in [-0.4, -0.2) is 30.3 Å². The minimum atomic E-state index is -0.669. The van der Waals surface area contributed by atoms with Crippen LogP contribution < -0.4 is 0 Å². The van der Waals surface area contributed by atoms with Gasteiger partial charge in [-0.3, -0.25) is 4.79 Å². The van der Waals surface area contributed by atoms with Crippen molar-refractivity contribution in [2.75, 3.05) is 18.1 Å². The number of hydrogen-bond acceptors (Lipinski definition) is 3. The highest BCUT2D eigenvalue weighted by atomic mass is 32.2. The van der Waals surface area contributed by atoms with Crippen LogP contribution in [0.5, 0.6) is 0 Å². The third-order valence-corrected chi connectivity index (χ3v) is 3.11. The SMILES string of the molecule is CCCOC(=O)CSCCCC(F)CCC. The van der Waals surface area contributed by atoms with Crippen molar-refractivity contribution >= 4 is 17.7 Å². The smallest absolute Gasteiger partial charge is 0.315 e. The predicted octanol–water partition coefficient (Wildman–Crippen LogP) is 3.59. The van der Waals surface area contributed by atoms with Crippen LogP contribution in [0.4, 0.5) is 4.39 Å². The predicted molar refractivity (Wildman–Crippen MR) is 67.6 cm³/mol. The third kappa shape index (κ3) is 10.3. The Balaban J connectivity index is 3.23. The number of carbonyl (C=O) groups excluding carboxylic acids is 1. The van der Waals surface area contributed by atoms with Gasteiger partial charge in [-0.25, -0.2) is 4.39 Å². The van der Waals surface area contributed by atoms with Crippen molar-refractivity contribution in [3.63, 3.8) is 0 Å². The second-order valence-corrected chi connectivity index (χ2v) is 4.91. The van der Waals surface area contributed by atoms with Gasteiger partial charge in [0.05, 0.1) is 12.4 Å². The van der Waals surface area contributed by atoms with Crippen LogP contribution in [0.15, 0.2) is 0 Å². The molecule has 0 aromatic rings. The molecule has 0 aromatic carbocycles. The van der Waals surface area contributed by atoms with Gasteiger partial charge in [0, 0.05) is 0 Å². The molecule has 0 N–H and O–H groups in total. The first-order valence-electron chi connectivity index (χ1n) is 6.08. The van der Waals surface area contributed by atoms with E-state index in [2.05, 4.69) is 0 Å². The van der Waals surface area contributed by atoms with Crippen molar-refractivity contribution < 1.29 is 13.9 Å². The largest absolute Gasteiger partial charge is 0.465 e. The average molecular weight is 250 g/mol. The molecule has 0 saturated carbocycles. The van der Waals surface area contributed by atoms with Gasteiger partial charge in [0.1, 0.15) is 6.17 Å². The molecule has 0 aliphatic carbocycles. The van der Waals surface area contributed by atoms with E-state index in [1.54, 1.807) is 0 Å². The lowest BCUT2D eigenvalue weighted by molar-refractivity contribution is -0.140. The minimum Gasteiger partial charge on any atom is -0.465 e. The first-order chi connectivity index (χ1) is 7.70. The molecule has 2 nitrogen and oxygen atoms in total. The van der Waals surface area contributed by atoms with Gasteiger partial charge in [-0.1, -0.05) is 20.3 Å². The number of thioether (sulfide) groups is 1. The fourth-order valence-corrected chi connectivity index (χ4v) is 2.04. The van der Waals surface area contributed by atoms with Crippen LogP contribution >= 0.6 is 11.8 Å². The maximum absolute atomic E-state index is 13.1. The van der Waals surface area contributed by atoms with Crippen molar-refractivity contribution in [2.45, 2.75) is 52.1 Å². The number of rotatable bonds is 10. The summed E-state index contributed by atoms with van der Waals surface area (Å²) >= 11 is 1.53. The van der Waals surface area contributed by atoms with Crippen LogP contribution in [0.1, 0.15) is 46.0 Å². The molecule has 0 rings (SSSR count). The van der Waals surface area contributed by atoms with Crippen molar-refractivity contribution in [3.05, 3.63) is 0 Å². The highest BCUT2D eigenvalue weighted by Gasteiger charge is 2.05. The van der Waals surface area contributed by atoms with Gasteiger partial charge in [0.2, 0.25) is 0 Å². The maximum Gasteiger partial charge on any atom is 0.315 e. The summed E-state index contributed by atoms with van der Waals surface area (Å²) in [6, 6.07) is 0. The van der Waals surface area contributed by atoms with Gasteiger partial charge in [0.15, 0.2) is 0 Å². The first-order valence-corrected chi connectivity index (χ1v) is 7.23. The third-order valence-electron chi connectivity index (χ3n) is 2.10. The van der Waals surface area contributed by atoms with Gasteiger partial charge in [-0.2, -0.15) is 11.8 Å². The highest BCUT2D eigenvalue weighted by molar-refractivity contribution is 7.99. The Morgan fingerprint density at radius 1 is 1.31 bits per heavy atom. The molecule has 0 spiro atoms. The summed E-state index contributed by atoms with van der Waals surface area (Å²) in [4.78, 5) is 11.1. The minimum absolute atomic E-state index is 0.155. The average Bonchev–Trinajstić information content (AvgIpc) is 2.26. The number of carbonyl (C=O) groups is 1. The Bertz CT molecular complexity index is 176. The van der Waals surface area contributed by atoms with Crippen molar-refractivity contribution in [2.24, 2.45) is 0 Å². The summed E-state index contributed by atoms with van der Waals surface area (Å²) in [7, 11) is 0. The molecule has 96 valence electrons. The summed E-state index contributed by atoms with van der Waals surface area (Å²) in [5.74, 6) is 1.08. The van der Waals surface area contributed by atoms with E-state index in [9.17, 15) is 9.18 Å². The zero-order chi connectivity index (χ0) is 12.2. The Labute approximate surface area is 102 Å². The Hall–Kier alpha value is -0.250. The lowest BCUT2D eigenvalue weighted by atomic mass is 10.1. The molecule has 16 heavy (non-hydrogen) atoms. The number of esters is 1. The van der Waals surface area contributed by atoms with Gasteiger partial charge in [-0.15, -0.1) is 0 Å². The van der Waals surface area contributed by atoms with Crippen LogP contribution in [0.25, 0.3) is 0 Å². The molecular formula is C12H23FO2S. The van der Waals surface area contributed by atoms with E-state index in [1.165, 1.54) is 11.8 Å². The molecule has 1 atom stereocenters. The fraction of sp³-hybridized carbons (Fsp3) is 0.917. The lowest BCUT2D eigenvalue weighted by Crippen LogP contribution is -2.08. The second kappa shape index (κ2) is 11.2. The van der Waals surface area contributed by atoms with E-state index in [0.717, 1.165) is 25.0 Å². The highest BCUT2D eigenvalue weighted by Crippen LogP contribution is 2.12. The van der Waals surface area contributed by atoms with E-state index in [4.69, 9.17) is 4.74 Å². The maximum atomic E-state index is 13.1. The summed E-state index contributed by atoms with van der Waals surface area (Å²) in [6.45, 7) is 4.46. The molecule has 0 amide bonds. The molecule has 0 fully saturated rings. The van der Waals surface area contributed by atoms with Crippen LogP contribution in [0.2, 0.25) is 0 Å². The summed E-state index contributed by atoms with van der Waals surface area (Å²) in [5.41, 5.74) is 0. The van der Waals surface area contributed by atoms with E-state index < -0.39 is 6.17 Å². The number of alkyl halides is 1. The molecule has 0 heterocycles. The molecule has 0 aromatic heterocycles. The number of hydrogen-bond donors (Lipinski definition) is 0. The number of halogens is 1. The summed E-state index contributed by atoms with van der Waals surface area (Å²) < 4.78 is 18.0. The topological polar surface area (TPSA) is 26.3 Å². The zero-order valence-corrected chi connectivity index (χ0v) is 11.2. The van der Waals surface area contributed by atoms with Gasteiger partial charge < -0.3 is 4.74 Å². The Morgan fingerprint density at radius 3 is 2.69 bits per heavy atom. The zero-order valence-electron chi connectivity index (χ0n) is 10.3. The van der Waals surface area contributed by atoms with Crippen LogP contribution in [0.3, 0.4) is 0 Å². The fourth-order valence-electron chi connectivity index (χ4n) is 1.28. The first kappa shape index (κ1) is 15.8. The molecule has 1 unspecified atom stereocenters. The standard InChI is InChI=1S/C12H23FO2S/c1-3-6-11(13)7-5-9-16-10-12(14)15-8-4-2/h11H,3-10H2,1-2H3.